The second kappa shape index (κ2) is 6.13. The summed E-state index contributed by atoms with van der Waals surface area (Å²) in [4.78, 5) is 3.64. The van der Waals surface area contributed by atoms with Crippen molar-refractivity contribution in [2.75, 3.05) is 6.54 Å². The quantitative estimate of drug-likeness (QED) is 0.802. The number of alkyl halides is 3. The van der Waals surface area contributed by atoms with E-state index in [-0.39, 0.29) is 6.54 Å². The molecule has 0 amide bonds. The van der Waals surface area contributed by atoms with E-state index in [0.717, 1.165) is 5.76 Å². The summed E-state index contributed by atoms with van der Waals surface area (Å²) in [6, 6.07) is 3.52. The lowest BCUT2D eigenvalue weighted by Gasteiger charge is -2.30. The van der Waals surface area contributed by atoms with E-state index in [0.29, 0.717) is 12.3 Å². The summed E-state index contributed by atoms with van der Waals surface area (Å²) in [7, 11) is 1.41. The summed E-state index contributed by atoms with van der Waals surface area (Å²) in [5.74, 6) is 0.942. The molecule has 0 aliphatic carbocycles. The number of aliphatic hydroxyl groups is 1. The number of hydrogen-bond acceptors (Lipinski definition) is 4. The van der Waals surface area contributed by atoms with Gasteiger partial charge in [-0.2, -0.15) is 13.2 Å². The van der Waals surface area contributed by atoms with E-state index in [2.05, 4.69) is 10.3 Å². The third kappa shape index (κ3) is 3.33. The van der Waals surface area contributed by atoms with Crippen molar-refractivity contribution in [2.24, 2.45) is 7.05 Å². The number of aromatic nitrogens is 2. The van der Waals surface area contributed by atoms with Crippen LogP contribution in [0.25, 0.3) is 0 Å². The van der Waals surface area contributed by atoms with Gasteiger partial charge >= 0.3 is 6.18 Å². The summed E-state index contributed by atoms with van der Waals surface area (Å²) in [5, 5.41) is 13.0. The Hall–Kier alpha value is -1.80. The molecule has 5 nitrogen and oxygen atoms in total. The standard InChI is InChI=1S/C14H18F3N3O2/c1-10-3-4-11(22-10)9-18-6-5-13(21,14(15,16)17)12-19-7-8-20(12)2/h3-4,7-8,18,21H,5-6,9H2,1-2H3. The van der Waals surface area contributed by atoms with Gasteiger partial charge in [-0.1, -0.05) is 0 Å². The van der Waals surface area contributed by atoms with E-state index < -0.39 is 24.0 Å². The van der Waals surface area contributed by atoms with Crippen LogP contribution in [-0.2, 0) is 19.2 Å². The molecule has 2 heterocycles. The molecule has 0 aromatic carbocycles. The summed E-state index contributed by atoms with van der Waals surface area (Å²) < 4.78 is 46.2. The third-order valence-corrected chi connectivity index (χ3v) is 3.42. The van der Waals surface area contributed by atoms with Crippen molar-refractivity contribution in [3.8, 4) is 0 Å². The van der Waals surface area contributed by atoms with Gasteiger partial charge in [-0.3, -0.25) is 0 Å². The maximum Gasteiger partial charge on any atom is 0.424 e. The predicted molar refractivity (Wildman–Crippen MR) is 72.9 cm³/mol. The fourth-order valence-corrected chi connectivity index (χ4v) is 2.21. The summed E-state index contributed by atoms with van der Waals surface area (Å²) in [6.07, 6.45) is -2.76. The summed E-state index contributed by atoms with van der Waals surface area (Å²) in [6.45, 7) is 2.04. The summed E-state index contributed by atoms with van der Waals surface area (Å²) >= 11 is 0. The minimum atomic E-state index is -4.81. The highest BCUT2D eigenvalue weighted by molar-refractivity contribution is 5.09. The number of hydrogen-bond donors (Lipinski definition) is 2. The lowest BCUT2D eigenvalue weighted by molar-refractivity contribution is -0.272. The first-order valence-corrected chi connectivity index (χ1v) is 6.77. The second-order valence-corrected chi connectivity index (χ2v) is 5.16. The topological polar surface area (TPSA) is 63.2 Å². The Morgan fingerprint density at radius 1 is 1.36 bits per heavy atom. The Balaban J connectivity index is 2.01. The highest BCUT2D eigenvalue weighted by Gasteiger charge is 2.56. The van der Waals surface area contributed by atoms with E-state index >= 15 is 0 Å². The van der Waals surface area contributed by atoms with Crippen molar-refractivity contribution in [1.29, 1.82) is 0 Å². The molecule has 1 atom stereocenters. The zero-order valence-corrected chi connectivity index (χ0v) is 12.3. The highest BCUT2D eigenvalue weighted by atomic mass is 19.4. The van der Waals surface area contributed by atoms with E-state index in [4.69, 9.17) is 4.42 Å². The van der Waals surface area contributed by atoms with Crippen LogP contribution in [0, 0.1) is 6.92 Å². The molecule has 8 heteroatoms. The molecule has 1 unspecified atom stereocenters. The van der Waals surface area contributed by atoms with Crippen molar-refractivity contribution in [2.45, 2.75) is 31.7 Å². The fraction of sp³-hybridized carbons (Fsp3) is 0.500. The number of rotatable bonds is 6. The van der Waals surface area contributed by atoms with Crippen LogP contribution in [0.3, 0.4) is 0 Å². The Morgan fingerprint density at radius 2 is 2.09 bits per heavy atom. The van der Waals surface area contributed by atoms with Gasteiger partial charge in [-0.15, -0.1) is 0 Å². The normalized spacial score (nSPS) is 15.0. The molecule has 0 bridgehead atoms. The van der Waals surface area contributed by atoms with Gasteiger partial charge in [0.25, 0.3) is 0 Å². The fourth-order valence-electron chi connectivity index (χ4n) is 2.21. The van der Waals surface area contributed by atoms with Crippen LogP contribution >= 0.6 is 0 Å². The van der Waals surface area contributed by atoms with Crippen molar-refractivity contribution in [3.63, 3.8) is 0 Å². The van der Waals surface area contributed by atoms with Crippen LogP contribution in [-0.4, -0.2) is 27.4 Å². The third-order valence-electron chi connectivity index (χ3n) is 3.42. The van der Waals surface area contributed by atoms with Gasteiger partial charge in [0.1, 0.15) is 17.3 Å². The van der Waals surface area contributed by atoms with Gasteiger partial charge in [0.05, 0.1) is 6.54 Å². The second-order valence-electron chi connectivity index (χ2n) is 5.16. The van der Waals surface area contributed by atoms with Crippen LogP contribution in [0.1, 0.15) is 23.8 Å². The van der Waals surface area contributed by atoms with E-state index in [1.165, 1.54) is 24.0 Å². The van der Waals surface area contributed by atoms with Gasteiger partial charge < -0.3 is 19.4 Å². The molecule has 0 saturated heterocycles. The van der Waals surface area contributed by atoms with E-state index in [1.807, 2.05) is 0 Å². The van der Waals surface area contributed by atoms with Gasteiger partial charge in [-0.25, -0.2) is 4.98 Å². The Bertz CT molecular complexity index is 621. The van der Waals surface area contributed by atoms with Crippen molar-refractivity contribution in [3.05, 3.63) is 41.9 Å². The smallest absolute Gasteiger partial charge is 0.424 e. The molecule has 2 N–H and O–H groups in total. The molecule has 2 rings (SSSR count). The maximum absolute atomic E-state index is 13.3. The predicted octanol–water partition coefficient (Wildman–Crippen LogP) is 2.25. The minimum absolute atomic E-state index is 0.0391. The zero-order valence-electron chi connectivity index (χ0n) is 12.3. The number of nitrogens with one attached hydrogen (secondary N) is 1. The van der Waals surface area contributed by atoms with Crippen molar-refractivity contribution in [1.82, 2.24) is 14.9 Å². The average Bonchev–Trinajstić information content (AvgIpc) is 3.02. The van der Waals surface area contributed by atoms with Crippen molar-refractivity contribution < 1.29 is 22.7 Å². The lowest BCUT2D eigenvalue weighted by Crippen LogP contribution is -2.46. The number of furan rings is 1. The molecule has 0 saturated carbocycles. The largest absolute Gasteiger partial charge is 0.465 e. The molecular formula is C14H18F3N3O2. The Morgan fingerprint density at radius 3 is 2.59 bits per heavy atom. The molecule has 122 valence electrons. The van der Waals surface area contributed by atoms with Crippen LogP contribution in [0.5, 0.6) is 0 Å². The monoisotopic (exact) mass is 317 g/mol. The number of halogens is 3. The first-order valence-electron chi connectivity index (χ1n) is 6.77. The lowest BCUT2D eigenvalue weighted by atomic mass is 9.97. The first kappa shape index (κ1) is 16.6. The maximum atomic E-state index is 13.3. The Kier molecular flexibility index (Phi) is 4.62. The van der Waals surface area contributed by atoms with Gasteiger partial charge in [-0.05, 0) is 25.6 Å². The SMILES string of the molecule is Cc1ccc(CNCCC(O)(c2nccn2C)C(F)(F)F)o1. The van der Waals surface area contributed by atoms with E-state index in [9.17, 15) is 18.3 Å². The molecule has 2 aromatic rings. The highest BCUT2D eigenvalue weighted by Crippen LogP contribution is 2.40. The van der Waals surface area contributed by atoms with Crippen LogP contribution in [0.2, 0.25) is 0 Å². The average molecular weight is 317 g/mol. The molecule has 0 radical (unpaired) electrons. The zero-order chi connectivity index (χ0) is 16.4. The molecule has 2 aromatic heterocycles. The molecule has 0 spiro atoms. The molecule has 22 heavy (non-hydrogen) atoms. The number of aryl methyl sites for hydroxylation is 2. The van der Waals surface area contributed by atoms with Gasteiger partial charge in [0.2, 0.25) is 5.60 Å². The van der Waals surface area contributed by atoms with E-state index in [1.54, 1.807) is 19.1 Å². The van der Waals surface area contributed by atoms with Crippen molar-refractivity contribution >= 4 is 0 Å². The van der Waals surface area contributed by atoms with Crippen LogP contribution in [0.4, 0.5) is 13.2 Å². The minimum Gasteiger partial charge on any atom is -0.465 e. The molecule has 0 fully saturated rings. The van der Waals surface area contributed by atoms with Gasteiger partial charge in [0, 0.05) is 25.9 Å². The first-order chi connectivity index (χ1) is 10.2. The number of imidazole rings is 1. The molecule has 0 aliphatic rings. The molecule has 0 aliphatic heterocycles. The van der Waals surface area contributed by atoms with Gasteiger partial charge in [0.15, 0.2) is 0 Å². The Labute approximate surface area is 125 Å². The summed E-state index contributed by atoms with van der Waals surface area (Å²) in [5.41, 5.74) is -2.99. The number of nitrogens with zero attached hydrogens (tertiary/aromatic N) is 2. The van der Waals surface area contributed by atoms with Crippen LogP contribution in [0.15, 0.2) is 28.9 Å². The van der Waals surface area contributed by atoms with Crippen LogP contribution < -0.4 is 5.32 Å². The molecular weight excluding hydrogens is 299 g/mol.